The molecule has 6 N–H and O–H groups in total. The van der Waals surface area contributed by atoms with Crippen LogP contribution in [0.3, 0.4) is 0 Å². The van der Waals surface area contributed by atoms with E-state index in [4.69, 9.17) is 5.73 Å². The molecule has 0 bridgehead atoms. The zero-order chi connectivity index (χ0) is 27.1. The molecule has 4 atom stereocenters. The quantitative estimate of drug-likeness (QED) is 0.235. The number of primary amides is 1. The Morgan fingerprint density at radius 2 is 1.81 bits per heavy atom. The summed E-state index contributed by atoms with van der Waals surface area (Å²) in [4.78, 5) is 40.7. The van der Waals surface area contributed by atoms with E-state index in [2.05, 4.69) is 37.1 Å². The fourth-order valence-electron chi connectivity index (χ4n) is 6.10. The van der Waals surface area contributed by atoms with Crippen LogP contribution in [-0.4, -0.2) is 68.5 Å². The maximum atomic E-state index is 13.8. The summed E-state index contributed by atoms with van der Waals surface area (Å²) in [5.41, 5.74) is 2.97. The summed E-state index contributed by atoms with van der Waals surface area (Å²) in [6, 6.07) is 6.15. The zero-order valence-corrected chi connectivity index (χ0v) is 22.9. The first-order valence-corrected chi connectivity index (χ1v) is 12.8. The number of carbonyl (C=O) groups is 3. The SMILES string of the molecule is CN(C)[C@@H]1C(O)=C(C(N)=O)C(=O)[C@@]2(O)C(O)=C3C(=O)c4c(cc5ccc([N]([Rh])[Rh])cc5c4O)C[C@H]3C[C@@H]12. The molecule has 0 aliphatic heterocycles. The topological polar surface area (TPSA) is 165 Å². The molecule has 198 valence electrons. The first kappa shape index (κ1) is 26.0. The number of likely N-dealkylation sites (N-methyl/N-ethyl adjacent to an activating group) is 1. The van der Waals surface area contributed by atoms with Gasteiger partial charge in [-0.05, 0) is 14.1 Å². The summed E-state index contributed by atoms with van der Waals surface area (Å²) >= 11 is 5.35. The van der Waals surface area contributed by atoms with Gasteiger partial charge >= 0.3 is 187 Å². The van der Waals surface area contributed by atoms with E-state index in [9.17, 15) is 34.8 Å². The minimum atomic E-state index is -2.65. The zero-order valence-electron chi connectivity index (χ0n) is 19.6. The number of ketones is 2. The van der Waals surface area contributed by atoms with Crippen LogP contribution < -0.4 is 8.12 Å². The maximum absolute atomic E-state index is 13.8. The third-order valence-corrected chi connectivity index (χ3v) is 8.53. The van der Waals surface area contributed by atoms with E-state index in [0.29, 0.717) is 22.0 Å². The number of amides is 1. The number of aliphatic hydroxyl groups excluding tert-OH is 2. The van der Waals surface area contributed by atoms with Gasteiger partial charge in [0.15, 0.2) is 0 Å². The van der Waals surface area contributed by atoms with Crippen molar-refractivity contribution in [3.05, 3.63) is 58.1 Å². The van der Waals surface area contributed by atoms with Gasteiger partial charge in [0.2, 0.25) is 0 Å². The summed E-state index contributed by atoms with van der Waals surface area (Å²) in [5, 5.41) is 46.1. The van der Waals surface area contributed by atoms with Crippen molar-refractivity contribution in [1.29, 1.82) is 0 Å². The van der Waals surface area contributed by atoms with Crippen LogP contribution in [0, 0.1) is 11.8 Å². The first-order chi connectivity index (χ1) is 17.3. The molecule has 0 saturated carbocycles. The van der Waals surface area contributed by atoms with Crippen molar-refractivity contribution in [1.82, 2.24) is 4.90 Å². The van der Waals surface area contributed by atoms with Gasteiger partial charge in [-0.15, -0.1) is 0 Å². The van der Waals surface area contributed by atoms with Crippen molar-refractivity contribution in [2.24, 2.45) is 17.6 Å². The average molecular weight is 683 g/mol. The third-order valence-electron chi connectivity index (χ3n) is 7.68. The normalized spacial score (nSPS) is 27.4. The van der Waals surface area contributed by atoms with E-state index in [-0.39, 0.29) is 29.7 Å². The monoisotopic (exact) mass is 683 g/mol. The molecule has 5 rings (SSSR count). The molecule has 3 aliphatic rings. The van der Waals surface area contributed by atoms with Crippen molar-refractivity contribution >= 4 is 33.9 Å². The van der Waals surface area contributed by atoms with Crippen LogP contribution in [-0.2, 0) is 53.1 Å². The molecule has 0 aromatic heterocycles. The molecule has 0 fully saturated rings. The number of rotatable bonds is 3. The van der Waals surface area contributed by atoms with Gasteiger partial charge in [0, 0.05) is 0 Å². The molecular weight excluding hydrogens is 660 g/mol. The molecule has 0 saturated heterocycles. The summed E-state index contributed by atoms with van der Waals surface area (Å²) in [6.45, 7) is 0. The van der Waals surface area contributed by atoms with Crippen LogP contribution in [0.2, 0.25) is 0 Å². The van der Waals surface area contributed by atoms with Gasteiger partial charge in [-0.3, -0.25) is 9.69 Å². The number of hydrogen-bond donors (Lipinski definition) is 5. The second kappa shape index (κ2) is 8.70. The number of allylic oxidation sites excluding steroid dienone is 1. The molecule has 2 aromatic carbocycles. The number of Topliss-reactive ketones (excluding diaryl/α,β-unsaturated/α-hetero) is 2. The van der Waals surface area contributed by atoms with E-state index in [1.807, 2.05) is 18.2 Å². The number of carbonyl (C=O) groups excluding carboxylic acids is 3. The molecule has 10 nitrogen and oxygen atoms in total. The molecule has 0 unspecified atom stereocenters. The Kier molecular flexibility index (Phi) is 6.11. The Morgan fingerprint density at radius 1 is 1.14 bits per heavy atom. The van der Waals surface area contributed by atoms with Crippen LogP contribution in [0.25, 0.3) is 10.8 Å². The molecule has 3 aliphatic carbocycles. The number of aliphatic hydroxyl groups is 3. The predicted octanol–water partition coefficient (Wildman–Crippen LogP) is 1.00. The Balaban J connectivity index is 1.73. The summed E-state index contributed by atoms with van der Waals surface area (Å²) in [5.74, 6) is -6.61. The molecule has 12 heteroatoms. The standard InChI is InChI=1S/C25H23N3O7.2Rh/c1-28(2)18-14-7-11-6-10-5-9-3-4-12(26)8-13(9)19(29)15(10)20(30)16(11)22(32)25(14,35)23(33)17(21(18)31)24(27)34;;/h3-5,8,11,14,18,29,31-32,35H,6-7H2,1-2H3,(H2,27,34);;/t11-,14-,18-,25-;;/m0../s1. The Labute approximate surface area is 232 Å². The van der Waals surface area contributed by atoms with E-state index >= 15 is 0 Å². The predicted molar refractivity (Wildman–Crippen MR) is 124 cm³/mol. The van der Waals surface area contributed by atoms with Crippen molar-refractivity contribution in [3.8, 4) is 5.75 Å². The van der Waals surface area contributed by atoms with Crippen LogP contribution >= 0.6 is 0 Å². The van der Waals surface area contributed by atoms with E-state index in [1.54, 1.807) is 22.5 Å². The van der Waals surface area contributed by atoms with Gasteiger partial charge in [0.05, 0.1) is 0 Å². The molecule has 2 aromatic rings. The summed E-state index contributed by atoms with van der Waals surface area (Å²) in [6.07, 6.45) is 0.299. The second-order valence-corrected chi connectivity index (χ2v) is 12.2. The minimum absolute atomic E-state index is 0.0141. The second-order valence-electron chi connectivity index (χ2n) is 9.83. The number of benzene rings is 2. The van der Waals surface area contributed by atoms with Crippen molar-refractivity contribution in [3.63, 3.8) is 0 Å². The van der Waals surface area contributed by atoms with E-state index in [0.717, 1.165) is 0 Å². The fourth-order valence-corrected chi connectivity index (χ4v) is 6.55. The number of fused-ring (bicyclic) bond motifs is 4. The van der Waals surface area contributed by atoms with Gasteiger partial charge in [0.1, 0.15) is 5.76 Å². The third kappa shape index (κ3) is 3.53. The molecule has 0 spiro atoms. The Bertz CT molecular complexity index is 1480. The number of nitrogens with zero attached hydrogens (tertiary/aromatic N) is 2. The Hall–Kier alpha value is -2.64. The number of phenols is 1. The van der Waals surface area contributed by atoms with Gasteiger partial charge in [-0.2, -0.15) is 0 Å². The molecule has 37 heavy (non-hydrogen) atoms. The van der Waals surface area contributed by atoms with Crippen molar-refractivity contribution < 1.29 is 71.9 Å². The number of aromatic hydroxyl groups is 1. The van der Waals surface area contributed by atoms with Crippen LogP contribution in [0.1, 0.15) is 22.3 Å². The Morgan fingerprint density at radius 3 is 2.41 bits per heavy atom. The summed E-state index contributed by atoms with van der Waals surface area (Å²) in [7, 11) is 3.19. The van der Waals surface area contributed by atoms with Crippen LogP contribution in [0.4, 0.5) is 5.69 Å². The molecular formula is C25H23N3O7Rh2. The first-order valence-electron chi connectivity index (χ1n) is 11.3. The van der Waals surface area contributed by atoms with Crippen molar-refractivity contribution in [2.75, 3.05) is 16.5 Å². The average Bonchev–Trinajstić information content (AvgIpc) is 2.80. The van der Waals surface area contributed by atoms with Crippen LogP contribution in [0.15, 0.2) is 46.9 Å². The number of nitrogens with two attached hydrogens (primary N) is 1. The number of anilines is 1. The van der Waals surface area contributed by atoms with Crippen molar-refractivity contribution in [2.45, 2.75) is 24.5 Å². The molecule has 0 radical (unpaired) electrons. The van der Waals surface area contributed by atoms with Gasteiger partial charge in [-0.25, -0.2) is 0 Å². The van der Waals surface area contributed by atoms with Gasteiger partial charge < -0.3 is 10.8 Å². The molecule has 0 heterocycles. The summed E-state index contributed by atoms with van der Waals surface area (Å²) < 4.78 is 1.64. The van der Waals surface area contributed by atoms with Crippen LogP contribution in [0.5, 0.6) is 5.75 Å². The van der Waals surface area contributed by atoms with E-state index < -0.39 is 58.0 Å². The number of phenolic OH excluding ortho intramolecular Hbond substituents is 1. The van der Waals surface area contributed by atoms with Gasteiger partial charge in [-0.1, -0.05) is 0 Å². The fraction of sp³-hybridized carbons (Fsp3) is 0.320. The molecule has 1 amide bonds. The number of hydrogen-bond acceptors (Lipinski definition) is 9. The van der Waals surface area contributed by atoms with Gasteiger partial charge in [0.25, 0.3) is 5.91 Å². The van der Waals surface area contributed by atoms with E-state index in [1.165, 1.54) is 4.90 Å².